The van der Waals surface area contributed by atoms with Crippen LogP contribution < -0.4 is 21.5 Å². The Hall–Kier alpha value is -4.17. The molecule has 14 heteroatoms. The summed E-state index contributed by atoms with van der Waals surface area (Å²) in [5.74, 6) is -1.08. The Balaban J connectivity index is 1.27. The number of sulfonamides is 1. The molecule has 2 aromatic rings. The van der Waals surface area contributed by atoms with Gasteiger partial charge < -0.3 is 31.2 Å². The first-order valence-corrected chi connectivity index (χ1v) is 17.6. The maximum atomic E-state index is 13.7. The molecule has 256 valence electrons. The number of fused-ring (bicyclic) bond motifs is 1. The van der Waals surface area contributed by atoms with Gasteiger partial charge in [-0.2, -0.15) is 4.72 Å². The van der Waals surface area contributed by atoms with E-state index in [4.69, 9.17) is 20.9 Å². The number of piperidine rings is 1. The van der Waals surface area contributed by atoms with E-state index in [1.165, 1.54) is 0 Å². The summed E-state index contributed by atoms with van der Waals surface area (Å²) in [4.78, 5) is 43.6. The number of aliphatic imine (C=N–C) groups is 1. The molecule has 1 unspecified atom stereocenters. The monoisotopic (exact) mass is 670 g/mol. The highest BCUT2D eigenvalue weighted by molar-refractivity contribution is 7.89. The molecule has 1 amide bonds. The molecule has 6 N–H and O–H groups in total. The van der Waals surface area contributed by atoms with Crippen LogP contribution in [0, 0.1) is 11.8 Å². The van der Waals surface area contributed by atoms with Crippen molar-refractivity contribution < 1.29 is 32.3 Å². The van der Waals surface area contributed by atoms with E-state index in [0.29, 0.717) is 56.9 Å². The number of hydrogen-bond donors (Lipinski definition) is 4. The van der Waals surface area contributed by atoms with Crippen LogP contribution in [-0.2, 0) is 46.9 Å². The molecular weight excluding hydrogens is 624 g/mol. The number of ether oxygens (including phenoxy) is 2. The normalized spacial score (nSPS) is 17.1. The van der Waals surface area contributed by atoms with Gasteiger partial charge in [0.2, 0.25) is 15.9 Å². The highest BCUT2D eigenvalue weighted by Crippen LogP contribution is 2.31. The molecule has 2 aromatic carbocycles. The minimum atomic E-state index is -4.04. The molecular formula is C33H46N6O7S. The van der Waals surface area contributed by atoms with Gasteiger partial charge in [-0.15, -0.1) is 0 Å². The molecule has 4 rings (SSSR count). The van der Waals surface area contributed by atoms with E-state index in [1.54, 1.807) is 17.0 Å². The van der Waals surface area contributed by atoms with Gasteiger partial charge in [-0.1, -0.05) is 49.4 Å². The maximum Gasteiger partial charge on any atom is 0.317 e. The second kappa shape index (κ2) is 17.1. The molecule has 2 atom stereocenters. The van der Waals surface area contributed by atoms with Crippen LogP contribution >= 0.6 is 0 Å². The number of amides is 1. The van der Waals surface area contributed by atoms with Gasteiger partial charge in [0.25, 0.3) is 0 Å². The van der Waals surface area contributed by atoms with Gasteiger partial charge in [0.1, 0.15) is 24.0 Å². The number of nitrogens with two attached hydrogens (primary N) is 2. The minimum absolute atomic E-state index is 0.0691. The fraction of sp³-hybridized carbons (Fsp3) is 0.515. The lowest BCUT2D eigenvalue weighted by Gasteiger charge is -2.34. The summed E-state index contributed by atoms with van der Waals surface area (Å²) < 4.78 is 40.4. The van der Waals surface area contributed by atoms with Crippen molar-refractivity contribution in [3.05, 3.63) is 59.7 Å². The first-order valence-electron chi connectivity index (χ1n) is 16.1. The maximum absolute atomic E-state index is 13.7. The van der Waals surface area contributed by atoms with Crippen molar-refractivity contribution in [2.24, 2.45) is 28.3 Å². The van der Waals surface area contributed by atoms with Crippen LogP contribution in [0.15, 0.2) is 58.4 Å². The van der Waals surface area contributed by atoms with Crippen LogP contribution in [0.5, 0.6) is 0 Å². The molecule has 0 saturated carbocycles. The van der Waals surface area contributed by atoms with Gasteiger partial charge in [-0.05, 0) is 67.6 Å². The summed E-state index contributed by atoms with van der Waals surface area (Å²) in [6.45, 7) is 4.15. The van der Waals surface area contributed by atoms with Crippen LogP contribution in [0.25, 0.3) is 0 Å². The molecule has 2 heterocycles. The Morgan fingerprint density at radius 2 is 1.77 bits per heavy atom. The molecule has 1 saturated heterocycles. The average Bonchev–Trinajstić information content (AvgIpc) is 3.05. The number of hydrogen-bond acceptors (Lipinski definition) is 9. The summed E-state index contributed by atoms with van der Waals surface area (Å²) in [7, 11) is -4.04. The molecule has 1 fully saturated rings. The quantitative estimate of drug-likeness (QED) is 0.0718. The molecule has 0 aliphatic carbocycles. The highest BCUT2D eigenvalue weighted by Gasteiger charge is 2.33. The predicted molar refractivity (Wildman–Crippen MR) is 178 cm³/mol. The molecule has 0 radical (unpaired) electrons. The number of carbonyl (C=O) groups excluding carboxylic acids is 3. The van der Waals surface area contributed by atoms with E-state index in [2.05, 4.69) is 22.0 Å². The Labute approximate surface area is 276 Å². The van der Waals surface area contributed by atoms with E-state index in [1.807, 2.05) is 36.4 Å². The number of nitrogens with one attached hydrogen (secondary N) is 2. The summed E-state index contributed by atoms with van der Waals surface area (Å²) in [6.07, 6.45) is 2.86. The van der Waals surface area contributed by atoms with Gasteiger partial charge in [0.15, 0.2) is 5.96 Å². The number of esters is 2. The van der Waals surface area contributed by atoms with Crippen molar-refractivity contribution >= 4 is 39.5 Å². The largest absolute Gasteiger partial charge is 0.465 e. The smallest absolute Gasteiger partial charge is 0.317 e. The number of carbonyl (C=O) groups is 3. The lowest BCUT2D eigenvalue weighted by molar-refractivity contribution is -0.155. The van der Waals surface area contributed by atoms with Crippen molar-refractivity contribution in [2.75, 3.05) is 38.1 Å². The van der Waals surface area contributed by atoms with E-state index >= 15 is 0 Å². The van der Waals surface area contributed by atoms with Gasteiger partial charge in [0.05, 0.1) is 12.3 Å². The summed E-state index contributed by atoms with van der Waals surface area (Å²) >= 11 is 0. The second-order valence-electron chi connectivity index (χ2n) is 12.2. The molecule has 13 nitrogen and oxygen atoms in total. The number of likely N-dealkylation sites (tertiary alicyclic amines) is 1. The number of anilines is 1. The average molecular weight is 671 g/mol. The minimum Gasteiger partial charge on any atom is -0.465 e. The van der Waals surface area contributed by atoms with Crippen molar-refractivity contribution in [1.29, 1.82) is 0 Å². The fourth-order valence-corrected chi connectivity index (χ4v) is 7.29. The van der Waals surface area contributed by atoms with Gasteiger partial charge >= 0.3 is 11.9 Å². The Kier molecular flexibility index (Phi) is 13.0. The molecule has 2 aliphatic rings. The lowest BCUT2D eigenvalue weighted by atomic mass is 9.93. The van der Waals surface area contributed by atoms with Crippen LogP contribution in [0.4, 0.5) is 5.69 Å². The zero-order valence-electron chi connectivity index (χ0n) is 26.9. The SMILES string of the molecule is CC1CNc2c(cccc2S(=O)(=O)N[C@@H](CCCN=C(N)N)C(=O)N2CCC(CCOC(=O)CC(=O)OCc3ccccc3)CC2)C1. The number of guanidine groups is 1. The lowest BCUT2D eigenvalue weighted by Crippen LogP contribution is -2.50. The molecule has 2 aliphatic heterocycles. The Bertz CT molecular complexity index is 1510. The third-order valence-electron chi connectivity index (χ3n) is 8.39. The van der Waals surface area contributed by atoms with E-state index < -0.39 is 34.4 Å². The van der Waals surface area contributed by atoms with E-state index in [0.717, 1.165) is 17.5 Å². The summed E-state index contributed by atoms with van der Waals surface area (Å²) in [6, 6.07) is 13.4. The van der Waals surface area contributed by atoms with Crippen molar-refractivity contribution in [3.63, 3.8) is 0 Å². The number of nitrogens with zero attached hydrogens (tertiary/aromatic N) is 2. The zero-order chi connectivity index (χ0) is 33.8. The zero-order valence-corrected chi connectivity index (χ0v) is 27.7. The summed E-state index contributed by atoms with van der Waals surface area (Å²) in [5, 5.41) is 3.25. The van der Waals surface area contributed by atoms with E-state index in [-0.39, 0.29) is 48.9 Å². The van der Waals surface area contributed by atoms with Gasteiger partial charge in [-0.3, -0.25) is 19.4 Å². The number of para-hydroxylation sites is 1. The van der Waals surface area contributed by atoms with Crippen LogP contribution in [0.3, 0.4) is 0 Å². The van der Waals surface area contributed by atoms with Crippen molar-refractivity contribution in [2.45, 2.75) is 69.4 Å². The third kappa shape index (κ3) is 11.0. The summed E-state index contributed by atoms with van der Waals surface area (Å²) in [5.41, 5.74) is 13.2. The van der Waals surface area contributed by atoms with Crippen LogP contribution in [0.2, 0.25) is 0 Å². The van der Waals surface area contributed by atoms with Gasteiger partial charge in [-0.25, -0.2) is 8.42 Å². The van der Waals surface area contributed by atoms with Crippen molar-refractivity contribution in [3.8, 4) is 0 Å². The standard InChI is InChI=1S/C33H46N6O7S/c1-23-19-26-9-5-11-28(31(26)37-21-23)47(43,44)38-27(10-6-15-36-33(34)35)32(42)39-16-12-24(13-17-39)14-18-45-29(40)20-30(41)46-22-25-7-3-2-4-8-25/h2-5,7-9,11,23-24,27,37-38H,6,10,12-22H2,1H3,(H4,34,35,36)/t23?,27-/m0/s1. The van der Waals surface area contributed by atoms with Crippen molar-refractivity contribution in [1.82, 2.24) is 9.62 Å². The van der Waals surface area contributed by atoms with Gasteiger partial charge in [0, 0.05) is 26.2 Å². The van der Waals surface area contributed by atoms with Crippen LogP contribution in [-0.4, -0.2) is 76.0 Å². The Morgan fingerprint density at radius 1 is 1.04 bits per heavy atom. The predicted octanol–water partition coefficient (Wildman–Crippen LogP) is 2.30. The first kappa shape index (κ1) is 35.7. The molecule has 47 heavy (non-hydrogen) atoms. The molecule has 0 spiro atoms. The Morgan fingerprint density at radius 3 is 2.49 bits per heavy atom. The van der Waals surface area contributed by atoms with E-state index in [9.17, 15) is 22.8 Å². The first-order chi connectivity index (χ1) is 22.5. The highest BCUT2D eigenvalue weighted by atomic mass is 32.2. The number of benzene rings is 2. The fourth-order valence-electron chi connectivity index (χ4n) is 5.84. The molecule has 0 bridgehead atoms. The second-order valence-corrected chi connectivity index (χ2v) is 13.9. The number of rotatable bonds is 15. The van der Waals surface area contributed by atoms with Crippen LogP contribution in [0.1, 0.15) is 56.6 Å². The topological polar surface area (TPSA) is 196 Å². The third-order valence-corrected chi connectivity index (χ3v) is 9.90. The molecule has 0 aromatic heterocycles.